The molecule has 0 aliphatic heterocycles. The fourth-order valence-corrected chi connectivity index (χ4v) is 5.88. The number of nitrogens with zero attached hydrogens (tertiary/aromatic N) is 6. The standard InChI is InChI=1S/C24H22FN3O3.C13H15FN2O.C10H8N2O3/c1-15-27-22(28-31-15)18-6-4-5-17(13-18)20(29)11-12-24(2,3)21-14-26-23(30-21)16-7-9-19(25)10-8-16;1-13(2,8-15)11-7-16-12(17-11)9-3-5-10(14)6-4-9;1-6-11-9(12-15-6)7-3-2-4-8(5-7)10(13)14/h4-10,13-14H,11-12H2,1-3H3;3-7H,8,15H2,1-2H3;2-5H,1H3,(H,13,14). The van der Waals surface area contributed by atoms with E-state index in [1.807, 2.05) is 39.8 Å². The maximum atomic E-state index is 13.1. The molecule has 8 aromatic rings. The van der Waals surface area contributed by atoms with E-state index in [0.29, 0.717) is 77.0 Å². The zero-order valence-electron chi connectivity index (χ0n) is 35.4. The van der Waals surface area contributed by atoms with Crippen LogP contribution in [-0.4, -0.2) is 53.7 Å². The number of Topliss-reactive ketones (excluding diaryl/α,β-unsaturated/α-hetero) is 1. The smallest absolute Gasteiger partial charge is 0.335 e. The van der Waals surface area contributed by atoms with E-state index in [9.17, 15) is 18.4 Å². The number of aromatic carboxylic acids is 1. The van der Waals surface area contributed by atoms with E-state index in [2.05, 4.69) is 30.2 Å². The van der Waals surface area contributed by atoms with E-state index >= 15 is 0 Å². The zero-order valence-corrected chi connectivity index (χ0v) is 35.4. The number of oxazole rings is 2. The van der Waals surface area contributed by atoms with Crippen molar-refractivity contribution in [2.45, 2.75) is 65.2 Å². The van der Waals surface area contributed by atoms with E-state index < -0.39 is 11.4 Å². The third-order valence-electron chi connectivity index (χ3n) is 9.88. The molecule has 0 fully saturated rings. The normalized spacial score (nSPS) is 11.3. The molecule has 0 saturated heterocycles. The van der Waals surface area contributed by atoms with Gasteiger partial charge in [-0.15, -0.1) is 0 Å². The van der Waals surface area contributed by atoms with Gasteiger partial charge in [-0.1, -0.05) is 68.3 Å². The Kier molecular flexibility index (Phi) is 14.0. The number of nitrogens with two attached hydrogens (primary N) is 1. The molecular formula is C47H45F2N7O7. The van der Waals surface area contributed by atoms with Gasteiger partial charge in [-0.3, -0.25) is 4.79 Å². The molecular weight excluding hydrogens is 813 g/mol. The van der Waals surface area contributed by atoms with Gasteiger partial charge in [0.25, 0.3) is 0 Å². The summed E-state index contributed by atoms with van der Waals surface area (Å²) in [6.07, 6.45) is 4.26. The van der Waals surface area contributed by atoms with Gasteiger partial charge >= 0.3 is 5.97 Å². The highest BCUT2D eigenvalue weighted by Gasteiger charge is 2.27. The van der Waals surface area contributed by atoms with Crippen LogP contribution in [0.4, 0.5) is 8.78 Å². The maximum Gasteiger partial charge on any atom is 0.335 e. The van der Waals surface area contributed by atoms with Crippen LogP contribution in [0.25, 0.3) is 45.7 Å². The minimum absolute atomic E-state index is 0.0217. The lowest BCUT2D eigenvalue weighted by Crippen LogP contribution is -2.27. The van der Waals surface area contributed by atoms with Crippen molar-refractivity contribution in [3.8, 4) is 45.7 Å². The van der Waals surface area contributed by atoms with E-state index in [-0.39, 0.29) is 28.4 Å². The van der Waals surface area contributed by atoms with Crippen LogP contribution in [0, 0.1) is 25.5 Å². The van der Waals surface area contributed by atoms with E-state index in [0.717, 1.165) is 16.9 Å². The molecule has 8 rings (SSSR count). The van der Waals surface area contributed by atoms with Crippen LogP contribution < -0.4 is 5.73 Å². The predicted molar refractivity (Wildman–Crippen MR) is 228 cm³/mol. The number of aryl methyl sites for hydroxylation is 2. The number of carbonyl (C=O) groups is 2. The van der Waals surface area contributed by atoms with Crippen LogP contribution in [-0.2, 0) is 10.8 Å². The molecule has 324 valence electrons. The van der Waals surface area contributed by atoms with Crippen LogP contribution in [0.5, 0.6) is 0 Å². The Morgan fingerprint density at radius 3 is 1.51 bits per heavy atom. The molecule has 0 saturated carbocycles. The summed E-state index contributed by atoms with van der Waals surface area (Å²) >= 11 is 0. The van der Waals surface area contributed by atoms with Crippen molar-refractivity contribution in [1.29, 1.82) is 0 Å². The average molecular weight is 858 g/mol. The zero-order chi connectivity index (χ0) is 45.3. The number of aromatic nitrogens is 6. The second kappa shape index (κ2) is 19.5. The number of benzene rings is 4. The van der Waals surface area contributed by atoms with E-state index in [1.165, 1.54) is 36.4 Å². The van der Waals surface area contributed by atoms with Crippen LogP contribution in [0.15, 0.2) is 127 Å². The summed E-state index contributed by atoms with van der Waals surface area (Å²) in [5.41, 5.74) is 8.65. The van der Waals surface area contributed by atoms with Gasteiger partial charge in [-0.05, 0) is 73.2 Å². The number of rotatable bonds is 12. The van der Waals surface area contributed by atoms with Crippen LogP contribution in [0.3, 0.4) is 0 Å². The van der Waals surface area contributed by atoms with E-state index in [1.54, 1.807) is 74.8 Å². The van der Waals surface area contributed by atoms with Gasteiger partial charge in [0.05, 0.1) is 18.0 Å². The van der Waals surface area contributed by atoms with E-state index in [4.69, 9.17) is 28.7 Å². The van der Waals surface area contributed by atoms with Gasteiger partial charge in [0.1, 0.15) is 23.2 Å². The van der Waals surface area contributed by atoms with Crippen LogP contribution >= 0.6 is 0 Å². The Hall–Kier alpha value is -7.46. The summed E-state index contributed by atoms with van der Waals surface area (Å²) in [6.45, 7) is 11.9. The van der Waals surface area contributed by atoms with Gasteiger partial charge < -0.3 is 28.7 Å². The number of carboxylic acid groups (broad SMARTS) is 1. The van der Waals surface area contributed by atoms with Crippen molar-refractivity contribution in [2.24, 2.45) is 5.73 Å². The molecule has 0 atom stereocenters. The number of halogens is 2. The van der Waals surface area contributed by atoms with Crippen molar-refractivity contribution in [3.05, 3.63) is 156 Å². The molecule has 0 bridgehead atoms. The number of ketones is 1. The van der Waals surface area contributed by atoms with Crippen molar-refractivity contribution < 1.29 is 41.4 Å². The molecule has 0 spiro atoms. The lowest BCUT2D eigenvalue weighted by molar-refractivity contribution is 0.0696. The molecule has 4 aromatic carbocycles. The fourth-order valence-electron chi connectivity index (χ4n) is 5.88. The molecule has 4 aromatic heterocycles. The summed E-state index contributed by atoms with van der Waals surface area (Å²) in [5, 5.41) is 16.4. The molecule has 3 N–H and O–H groups in total. The highest BCUT2D eigenvalue weighted by Crippen LogP contribution is 2.33. The molecule has 63 heavy (non-hydrogen) atoms. The monoisotopic (exact) mass is 857 g/mol. The highest BCUT2D eigenvalue weighted by molar-refractivity contribution is 5.97. The molecule has 0 unspecified atom stereocenters. The lowest BCUT2D eigenvalue weighted by Gasteiger charge is -2.21. The van der Waals surface area contributed by atoms with Crippen LogP contribution in [0.1, 0.15) is 84.6 Å². The number of carboxylic acids is 1. The molecule has 16 heteroatoms. The van der Waals surface area contributed by atoms with Gasteiger partial charge in [-0.25, -0.2) is 23.5 Å². The summed E-state index contributed by atoms with van der Waals surface area (Å²) in [4.78, 5) is 40.3. The molecule has 0 radical (unpaired) electrons. The Labute approximate surface area is 361 Å². The Morgan fingerprint density at radius 2 is 1.08 bits per heavy atom. The molecule has 4 heterocycles. The summed E-state index contributed by atoms with van der Waals surface area (Å²) in [5.74, 6) is 2.57. The molecule has 0 aliphatic carbocycles. The summed E-state index contributed by atoms with van der Waals surface area (Å²) in [7, 11) is 0. The van der Waals surface area contributed by atoms with Gasteiger partial charge in [0.15, 0.2) is 5.78 Å². The Bertz CT molecular complexity index is 2790. The maximum absolute atomic E-state index is 13.1. The van der Waals surface area contributed by atoms with Crippen LogP contribution in [0.2, 0.25) is 0 Å². The largest absolute Gasteiger partial charge is 0.478 e. The minimum atomic E-state index is -0.975. The van der Waals surface area contributed by atoms with Crippen molar-refractivity contribution in [2.75, 3.05) is 6.54 Å². The minimum Gasteiger partial charge on any atom is -0.478 e. The average Bonchev–Trinajstić information content (AvgIpc) is 4.13. The topological polar surface area (TPSA) is 210 Å². The highest BCUT2D eigenvalue weighted by atomic mass is 19.1. The van der Waals surface area contributed by atoms with Crippen molar-refractivity contribution in [1.82, 2.24) is 30.2 Å². The van der Waals surface area contributed by atoms with Gasteiger partial charge in [-0.2, -0.15) is 9.97 Å². The van der Waals surface area contributed by atoms with Crippen molar-refractivity contribution >= 4 is 11.8 Å². The second-order valence-corrected chi connectivity index (χ2v) is 15.7. The Morgan fingerprint density at radius 1 is 0.635 bits per heavy atom. The third-order valence-corrected chi connectivity index (χ3v) is 9.88. The van der Waals surface area contributed by atoms with Crippen molar-refractivity contribution in [3.63, 3.8) is 0 Å². The molecule has 0 aliphatic rings. The second-order valence-electron chi connectivity index (χ2n) is 15.7. The summed E-state index contributed by atoms with van der Waals surface area (Å²) < 4.78 is 47.3. The number of carbonyl (C=O) groups excluding carboxylic acids is 1. The third kappa shape index (κ3) is 11.7. The van der Waals surface area contributed by atoms with Gasteiger partial charge in [0, 0.05) is 65.5 Å². The fraction of sp³-hybridized carbons (Fsp3) is 0.234. The SMILES string of the molecule is CC(C)(CN)c1cnc(-c2ccc(F)cc2)o1.Cc1nc(-c2cccc(C(=O)CCC(C)(C)c3cnc(-c4ccc(F)cc4)o3)c2)no1.Cc1nc(-c2cccc(C(=O)O)c2)no1. The summed E-state index contributed by atoms with van der Waals surface area (Å²) in [6, 6.07) is 25.6. The first-order chi connectivity index (χ1) is 30.0. The predicted octanol–water partition coefficient (Wildman–Crippen LogP) is 10.2. The lowest BCUT2D eigenvalue weighted by atomic mass is 9.84. The first-order valence-electron chi connectivity index (χ1n) is 19.7. The Balaban J connectivity index is 0.000000174. The number of hydrogen-bond donors (Lipinski definition) is 2. The molecule has 14 nitrogen and oxygen atoms in total. The van der Waals surface area contributed by atoms with Gasteiger partial charge in [0.2, 0.25) is 35.2 Å². The first kappa shape index (κ1) is 45.1. The first-order valence-corrected chi connectivity index (χ1v) is 19.7. The quantitative estimate of drug-likeness (QED) is 0.110. The molecule has 0 amide bonds. The number of hydrogen-bond acceptors (Lipinski definition) is 13.